The second-order valence-corrected chi connectivity index (χ2v) is 5.44. The van der Waals surface area contributed by atoms with E-state index in [-0.39, 0.29) is 0 Å². The summed E-state index contributed by atoms with van der Waals surface area (Å²) in [6.07, 6.45) is 6.24. The van der Waals surface area contributed by atoms with Gasteiger partial charge in [-0.15, -0.1) is 11.8 Å². The van der Waals surface area contributed by atoms with Crippen LogP contribution in [-0.2, 0) is 0 Å². The van der Waals surface area contributed by atoms with Gasteiger partial charge in [-0.2, -0.15) is 0 Å². The van der Waals surface area contributed by atoms with Gasteiger partial charge in [-0.1, -0.05) is 13.8 Å². The molecule has 0 spiro atoms. The monoisotopic (exact) mass is 237 g/mol. The van der Waals surface area contributed by atoms with Gasteiger partial charge in [-0.3, -0.25) is 0 Å². The molecule has 0 saturated heterocycles. The van der Waals surface area contributed by atoms with Crippen molar-refractivity contribution in [3.05, 3.63) is 12.4 Å². The van der Waals surface area contributed by atoms with E-state index < -0.39 is 0 Å². The maximum Gasteiger partial charge on any atom is 0.130 e. The Morgan fingerprint density at radius 3 is 2.75 bits per heavy atom. The van der Waals surface area contributed by atoms with Gasteiger partial charge in [-0.05, 0) is 30.9 Å². The third-order valence-corrected chi connectivity index (χ3v) is 4.29. The molecule has 16 heavy (non-hydrogen) atoms. The smallest absolute Gasteiger partial charge is 0.130 e. The summed E-state index contributed by atoms with van der Waals surface area (Å²) in [6, 6.07) is 2.60. The highest BCUT2D eigenvalue weighted by Crippen LogP contribution is 2.33. The second kappa shape index (κ2) is 5.04. The van der Waals surface area contributed by atoms with Crippen molar-refractivity contribution in [1.29, 1.82) is 0 Å². The molecule has 1 aliphatic carbocycles. The molecule has 1 heterocycles. The minimum atomic E-state index is 0.569. The molecule has 0 amide bonds. The molecule has 88 valence electrons. The van der Waals surface area contributed by atoms with Crippen LogP contribution in [0.2, 0.25) is 0 Å². The van der Waals surface area contributed by atoms with E-state index in [1.165, 1.54) is 12.8 Å². The van der Waals surface area contributed by atoms with E-state index in [0.29, 0.717) is 6.04 Å². The molecule has 4 heteroatoms. The summed E-state index contributed by atoms with van der Waals surface area (Å²) in [5.41, 5.74) is 0. The normalized spacial score (nSPS) is 29.3. The summed E-state index contributed by atoms with van der Waals surface area (Å²) >= 11 is 1.65. The van der Waals surface area contributed by atoms with Crippen molar-refractivity contribution >= 4 is 17.6 Å². The van der Waals surface area contributed by atoms with Gasteiger partial charge in [-0.25, -0.2) is 9.97 Å². The maximum absolute atomic E-state index is 4.27. The van der Waals surface area contributed by atoms with Crippen LogP contribution in [-0.4, -0.2) is 22.3 Å². The molecule has 1 saturated carbocycles. The Balaban J connectivity index is 2.03. The van der Waals surface area contributed by atoms with Gasteiger partial charge in [0.2, 0.25) is 0 Å². The largest absolute Gasteiger partial charge is 0.367 e. The van der Waals surface area contributed by atoms with E-state index in [2.05, 4.69) is 29.1 Å². The first kappa shape index (κ1) is 11.7. The van der Waals surface area contributed by atoms with Gasteiger partial charge < -0.3 is 5.32 Å². The zero-order valence-corrected chi connectivity index (χ0v) is 10.9. The van der Waals surface area contributed by atoms with Crippen molar-refractivity contribution < 1.29 is 0 Å². The maximum atomic E-state index is 4.27. The summed E-state index contributed by atoms with van der Waals surface area (Å²) in [7, 11) is 0. The molecule has 3 unspecified atom stereocenters. The van der Waals surface area contributed by atoms with Crippen molar-refractivity contribution in [3.63, 3.8) is 0 Å². The molecule has 1 aromatic heterocycles. The Bertz CT molecular complexity index is 356. The fraction of sp³-hybridized carbons (Fsp3) is 0.667. The SMILES string of the molecule is CSc1cc(NC2CCC(C)C2C)ncn1. The number of nitrogens with zero attached hydrogens (tertiary/aromatic N) is 2. The molecular weight excluding hydrogens is 218 g/mol. The van der Waals surface area contributed by atoms with Crippen LogP contribution in [0.4, 0.5) is 5.82 Å². The Labute approximate surface area is 101 Å². The molecule has 0 aliphatic heterocycles. The van der Waals surface area contributed by atoms with Crippen LogP contribution in [0.15, 0.2) is 17.4 Å². The van der Waals surface area contributed by atoms with Gasteiger partial charge in [0.25, 0.3) is 0 Å². The van der Waals surface area contributed by atoms with Crippen molar-refractivity contribution in [2.45, 2.75) is 37.8 Å². The van der Waals surface area contributed by atoms with Gasteiger partial charge in [0.1, 0.15) is 17.2 Å². The first-order valence-electron chi connectivity index (χ1n) is 5.83. The van der Waals surface area contributed by atoms with Crippen LogP contribution in [0.25, 0.3) is 0 Å². The zero-order valence-electron chi connectivity index (χ0n) is 10.1. The molecule has 1 fully saturated rings. The van der Waals surface area contributed by atoms with Crippen molar-refractivity contribution in [2.75, 3.05) is 11.6 Å². The molecule has 1 N–H and O–H groups in total. The molecule has 3 atom stereocenters. The molecule has 0 radical (unpaired) electrons. The van der Waals surface area contributed by atoms with Crippen LogP contribution in [0.3, 0.4) is 0 Å². The van der Waals surface area contributed by atoms with Gasteiger partial charge >= 0.3 is 0 Å². The van der Waals surface area contributed by atoms with E-state index in [9.17, 15) is 0 Å². The highest BCUT2D eigenvalue weighted by molar-refractivity contribution is 7.98. The predicted molar refractivity (Wildman–Crippen MR) is 68.8 cm³/mol. The predicted octanol–water partition coefficient (Wildman–Crippen LogP) is 3.05. The average Bonchev–Trinajstić information content (AvgIpc) is 2.61. The Kier molecular flexibility index (Phi) is 3.69. The molecule has 0 aromatic carbocycles. The molecule has 1 aliphatic rings. The van der Waals surface area contributed by atoms with Gasteiger partial charge in [0.15, 0.2) is 0 Å². The molecule has 1 aromatic rings. The van der Waals surface area contributed by atoms with Gasteiger partial charge in [0.05, 0.1) is 0 Å². The summed E-state index contributed by atoms with van der Waals surface area (Å²) in [5.74, 6) is 2.51. The quantitative estimate of drug-likeness (QED) is 0.647. The van der Waals surface area contributed by atoms with E-state index in [1.807, 2.05) is 12.3 Å². The van der Waals surface area contributed by atoms with Gasteiger partial charge in [0, 0.05) is 12.1 Å². The highest BCUT2D eigenvalue weighted by atomic mass is 32.2. The number of thioether (sulfide) groups is 1. The minimum Gasteiger partial charge on any atom is -0.367 e. The molecule has 3 nitrogen and oxygen atoms in total. The molecule has 2 rings (SSSR count). The van der Waals surface area contributed by atoms with Crippen LogP contribution >= 0.6 is 11.8 Å². The van der Waals surface area contributed by atoms with Crippen LogP contribution in [0.5, 0.6) is 0 Å². The third-order valence-electron chi connectivity index (χ3n) is 3.65. The lowest BCUT2D eigenvalue weighted by Crippen LogP contribution is -2.24. The van der Waals surface area contributed by atoms with Crippen LogP contribution in [0.1, 0.15) is 26.7 Å². The lowest BCUT2D eigenvalue weighted by Gasteiger charge is -2.20. The highest BCUT2D eigenvalue weighted by Gasteiger charge is 2.29. The van der Waals surface area contributed by atoms with Crippen LogP contribution in [0, 0.1) is 11.8 Å². The number of hydrogen-bond acceptors (Lipinski definition) is 4. The fourth-order valence-corrected chi connectivity index (χ4v) is 2.67. The average molecular weight is 237 g/mol. The summed E-state index contributed by atoms with van der Waals surface area (Å²) in [4.78, 5) is 8.45. The summed E-state index contributed by atoms with van der Waals surface area (Å²) < 4.78 is 0. The van der Waals surface area contributed by atoms with Crippen molar-refractivity contribution in [3.8, 4) is 0 Å². The number of anilines is 1. The lowest BCUT2D eigenvalue weighted by atomic mass is 9.98. The molecule has 0 bridgehead atoms. The lowest BCUT2D eigenvalue weighted by molar-refractivity contribution is 0.435. The Morgan fingerprint density at radius 2 is 2.12 bits per heavy atom. The minimum absolute atomic E-state index is 0.569. The van der Waals surface area contributed by atoms with E-state index in [0.717, 1.165) is 22.7 Å². The third kappa shape index (κ3) is 2.48. The van der Waals surface area contributed by atoms with E-state index in [4.69, 9.17) is 0 Å². The zero-order chi connectivity index (χ0) is 11.5. The Morgan fingerprint density at radius 1 is 1.31 bits per heavy atom. The first-order chi connectivity index (χ1) is 7.70. The summed E-state index contributed by atoms with van der Waals surface area (Å²) in [5, 5.41) is 4.56. The van der Waals surface area contributed by atoms with Crippen molar-refractivity contribution in [1.82, 2.24) is 9.97 Å². The molecular formula is C12H19N3S. The Hall–Kier alpha value is -0.770. The van der Waals surface area contributed by atoms with Crippen LogP contribution < -0.4 is 5.32 Å². The second-order valence-electron chi connectivity index (χ2n) is 4.61. The van der Waals surface area contributed by atoms with Crippen molar-refractivity contribution in [2.24, 2.45) is 11.8 Å². The number of aromatic nitrogens is 2. The topological polar surface area (TPSA) is 37.8 Å². The number of nitrogens with one attached hydrogen (secondary N) is 1. The summed E-state index contributed by atoms with van der Waals surface area (Å²) in [6.45, 7) is 4.66. The first-order valence-corrected chi connectivity index (χ1v) is 7.05. The number of hydrogen-bond donors (Lipinski definition) is 1. The van der Waals surface area contributed by atoms with E-state index >= 15 is 0 Å². The fourth-order valence-electron chi connectivity index (χ4n) is 2.29. The van der Waals surface area contributed by atoms with E-state index in [1.54, 1.807) is 18.1 Å². The number of rotatable bonds is 3. The standard InChI is InChI=1S/C12H19N3S/c1-8-4-5-10(9(8)2)15-11-6-12(16-3)14-7-13-11/h6-10H,4-5H2,1-3H3,(H,13,14,15).